The van der Waals surface area contributed by atoms with Crippen LogP contribution in [0.2, 0.25) is 0 Å². The summed E-state index contributed by atoms with van der Waals surface area (Å²) >= 11 is 0. The van der Waals surface area contributed by atoms with Crippen LogP contribution in [0.4, 0.5) is 11.8 Å². The molecule has 1 N–H and O–H groups in total. The van der Waals surface area contributed by atoms with Crippen molar-refractivity contribution in [2.45, 2.75) is 38.4 Å². The molecule has 0 radical (unpaired) electrons. The molecular weight excluding hydrogens is 340 g/mol. The molecule has 3 rings (SSSR count). The molecule has 2 aromatic heterocycles. The second-order valence-electron chi connectivity index (χ2n) is 6.36. The summed E-state index contributed by atoms with van der Waals surface area (Å²) < 4.78 is 26.3. The van der Waals surface area contributed by atoms with Gasteiger partial charge in [0.15, 0.2) is 0 Å². The first-order chi connectivity index (χ1) is 11.9. The summed E-state index contributed by atoms with van der Waals surface area (Å²) in [5.74, 6) is 1.76. The Balaban J connectivity index is 1.79. The number of rotatable bonds is 5. The van der Waals surface area contributed by atoms with E-state index in [1.165, 1.54) is 0 Å². The molecule has 1 atom stereocenters. The Morgan fingerprint density at radius 3 is 2.64 bits per heavy atom. The summed E-state index contributed by atoms with van der Waals surface area (Å²) in [6.07, 6.45) is 4.05. The van der Waals surface area contributed by atoms with Crippen molar-refractivity contribution >= 4 is 21.8 Å². The molecule has 8 nitrogen and oxygen atoms in total. The molecule has 2 aromatic rings. The van der Waals surface area contributed by atoms with Crippen molar-refractivity contribution < 1.29 is 8.42 Å². The third-order valence-electron chi connectivity index (χ3n) is 4.19. The van der Waals surface area contributed by atoms with Gasteiger partial charge < -0.3 is 5.32 Å². The molecule has 0 aliphatic carbocycles. The van der Waals surface area contributed by atoms with Crippen LogP contribution in [-0.2, 0) is 10.0 Å². The maximum atomic E-state index is 12.3. The molecule has 25 heavy (non-hydrogen) atoms. The molecule has 0 aromatic carbocycles. The Bertz CT molecular complexity index is 841. The molecule has 1 aliphatic heterocycles. The summed E-state index contributed by atoms with van der Waals surface area (Å²) in [5.41, 5.74) is 0.840. The van der Waals surface area contributed by atoms with Gasteiger partial charge >= 0.3 is 0 Å². The van der Waals surface area contributed by atoms with Crippen LogP contribution < -0.4 is 5.32 Å². The van der Waals surface area contributed by atoms with E-state index >= 15 is 0 Å². The van der Waals surface area contributed by atoms with Gasteiger partial charge in [0.1, 0.15) is 11.6 Å². The van der Waals surface area contributed by atoms with Crippen LogP contribution in [0, 0.1) is 6.92 Å². The molecule has 0 saturated carbocycles. The first kappa shape index (κ1) is 17.7. The van der Waals surface area contributed by atoms with Gasteiger partial charge in [0.05, 0.1) is 10.9 Å². The van der Waals surface area contributed by atoms with Crippen LogP contribution in [0.15, 0.2) is 24.5 Å². The van der Waals surface area contributed by atoms with E-state index in [4.69, 9.17) is 0 Å². The summed E-state index contributed by atoms with van der Waals surface area (Å²) in [6, 6.07) is 3.59. The maximum absolute atomic E-state index is 12.3. The maximum Gasteiger partial charge on any atom is 0.228 e. The average Bonchev–Trinajstić information content (AvgIpc) is 3.06. The zero-order valence-corrected chi connectivity index (χ0v) is 15.4. The van der Waals surface area contributed by atoms with Crippen LogP contribution in [0.3, 0.4) is 0 Å². The number of hydrogen-bond donors (Lipinski definition) is 1. The van der Waals surface area contributed by atoms with Crippen LogP contribution in [-0.4, -0.2) is 51.0 Å². The minimum atomic E-state index is -3.23. The highest BCUT2D eigenvalue weighted by molar-refractivity contribution is 7.89. The zero-order valence-electron chi connectivity index (χ0n) is 14.5. The quantitative estimate of drug-likeness (QED) is 0.866. The largest absolute Gasteiger partial charge is 0.309 e. The van der Waals surface area contributed by atoms with Gasteiger partial charge in [-0.15, -0.1) is 0 Å². The normalized spacial score (nSPS) is 18.6. The van der Waals surface area contributed by atoms with Gasteiger partial charge in [0.25, 0.3) is 0 Å². The average molecular weight is 362 g/mol. The first-order valence-electron chi connectivity index (χ1n) is 8.25. The Hall–Kier alpha value is -2.13. The van der Waals surface area contributed by atoms with Gasteiger partial charge in [-0.3, -0.25) is 0 Å². The Kier molecular flexibility index (Phi) is 4.96. The van der Waals surface area contributed by atoms with Crippen LogP contribution in [0.5, 0.6) is 0 Å². The minimum absolute atomic E-state index is 0.0625. The van der Waals surface area contributed by atoms with E-state index in [2.05, 4.69) is 25.3 Å². The van der Waals surface area contributed by atoms with Gasteiger partial charge in [0, 0.05) is 37.5 Å². The molecule has 0 amide bonds. The Labute approximate surface area is 147 Å². The summed E-state index contributed by atoms with van der Waals surface area (Å²) in [5, 5.41) is 2.65. The van der Waals surface area contributed by atoms with Gasteiger partial charge in [-0.25, -0.2) is 32.7 Å². The zero-order chi connectivity index (χ0) is 18.0. The number of aryl methyl sites for hydroxylation is 1. The molecular formula is C16H22N6O2S. The van der Waals surface area contributed by atoms with E-state index in [0.29, 0.717) is 30.7 Å². The third kappa shape index (κ3) is 3.93. The van der Waals surface area contributed by atoms with Crippen molar-refractivity contribution in [1.29, 1.82) is 0 Å². The fraction of sp³-hybridized carbons (Fsp3) is 0.500. The van der Waals surface area contributed by atoms with Gasteiger partial charge in [-0.2, -0.15) is 0 Å². The van der Waals surface area contributed by atoms with Crippen LogP contribution in [0.1, 0.15) is 37.7 Å². The number of sulfonamides is 1. The number of anilines is 2. The second-order valence-corrected chi connectivity index (χ2v) is 8.85. The van der Waals surface area contributed by atoms with Crippen molar-refractivity contribution in [3.05, 3.63) is 36.0 Å². The predicted octanol–water partition coefficient (Wildman–Crippen LogP) is 1.85. The van der Waals surface area contributed by atoms with Crippen molar-refractivity contribution in [3.8, 4) is 0 Å². The van der Waals surface area contributed by atoms with E-state index < -0.39 is 15.3 Å². The standard InChI is InChI=1S/C16H22N6O2S/c1-11(2)25(23,24)22-8-5-13(10-22)14-9-15(20-12(3)19-14)21-16-17-6-4-7-18-16/h4,6-7,9,11,13H,5,8,10H2,1-3H3,(H,17,18,19,20,21). The Morgan fingerprint density at radius 1 is 1.24 bits per heavy atom. The lowest BCUT2D eigenvalue weighted by molar-refractivity contribution is 0.465. The molecule has 0 bridgehead atoms. The monoisotopic (exact) mass is 362 g/mol. The summed E-state index contributed by atoms with van der Waals surface area (Å²) in [6.45, 7) is 6.22. The predicted molar refractivity (Wildman–Crippen MR) is 95.1 cm³/mol. The van der Waals surface area contributed by atoms with Crippen molar-refractivity contribution in [2.24, 2.45) is 0 Å². The lowest BCUT2D eigenvalue weighted by Crippen LogP contribution is -2.34. The van der Waals surface area contributed by atoms with E-state index in [0.717, 1.165) is 12.1 Å². The number of hydrogen-bond acceptors (Lipinski definition) is 7. The number of nitrogens with one attached hydrogen (secondary N) is 1. The van der Waals surface area contributed by atoms with Crippen molar-refractivity contribution in [2.75, 3.05) is 18.4 Å². The number of aromatic nitrogens is 4. The lowest BCUT2D eigenvalue weighted by Gasteiger charge is -2.19. The smallest absolute Gasteiger partial charge is 0.228 e. The van der Waals surface area contributed by atoms with E-state index in [-0.39, 0.29) is 5.92 Å². The lowest BCUT2D eigenvalue weighted by atomic mass is 10.0. The van der Waals surface area contributed by atoms with E-state index in [9.17, 15) is 8.42 Å². The molecule has 1 unspecified atom stereocenters. The topological polar surface area (TPSA) is 101 Å². The highest BCUT2D eigenvalue weighted by Crippen LogP contribution is 2.30. The first-order valence-corrected chi connectivity index (χ1v) is 9.75. The van der Waals surface area contributed by atoms with E-state index in [1.54, 1.807) is 36.6 Å². The molecule has 9 heteroatoms. The van der Waals surface area contributed by atoms with Gasteiger partial charge in [-0.1, -0.05) is 0 Å². The summed E-state index contributed by atoms with van der Waals surface area (Å²) in [4.78, 5) is 17.1. The fourth-order valence-electron chi connectivity index (χ4n) is 2.84. The Morgan fingerprint density at radius 2 is 1.96 bits per heavy atom. The molecule has 3 heterocycles. The van der Waals surface area contributed by atoms with Crippen LogP contribution >= 0.6 is 0 Å². The molecule has 1 saturated heterocycles. The van der Waals surface area contributed by atoms with Gasteiger partial charge in [-0.05, 0) is 33.3 Å². The summed E-state index contributed by atoms with van der Waals surface area (Å²) in [7, 11) is -3.23. The molecule has 0 spiro atoms. The van der Waals surface area contributed by atoms with Crippen molar-refractivity contribution in [3.63, 3.8) is 0 Å². The van der Waals surface area contributed by atoms with E-state index in [1.807, 2.05) is 13.0 Å². The molecule has 1 aliphatic rings. The fourth-order valence-corrected chi connectivity index (χ4v) is 4.18. The van der Waals surface area contributed by atoms with Crippen molar-refractivity contribution in [1.82, 2.24) is 24.2 Å². The third-order valence-corrected chi connectivity index (χ3v) is 6.43. The minimum Gasteiger partial charge on any atom is -0.309 e. The van der Waals surface area contributed by atoms with Gasteiger partial charge in [0.2, 0.25) is 16.0 Å². The molecule has 134 valence electrons. The highest BCUT2D eigenvalue weighted by atomic mass is 32.2. The molecule has 1 fully saturated rings. The van der Waals surface area contributed by atoms with Crippen LogP contribution in [0.25, 0.3) is 0 Å². The number of nitrogens with zero attached hydrogens (tertiary/aromatic N) is 5. The second kappa shape index (κ2) is 7.01. The highest BCUT2D eigenvalue weighted by Gasteiger charge is 2.34. The SMILES string of the molecule is Cc1nc(Nc2ncccn2)cc(C2CCN(S(=O)(=O)C(C)C)C2)n1.